The van der Waals surface area contributed by atoms with Crippen molar-refractivity contribution >= 4 is 28.3 Å². The van der Waals surface area contributed by atoms with Gasteiger partial charge in [0.1, 0.15) is 12.7 Å². The zero-order chi connectivity index (χ0) is 21.9. The number of aryl methyl sites for hydroxylation is 1. The Kier molecular flexibility index (Phi) is 5.47. The van der Waals surface area contributed by atoms with E-state index in [1.54, 1.807) is 28.5 Å². The summed E-state index contributed by atoms with van der Waals surface area (Å²) < 4.78 is 3.55. The van der Waals surface area contributed by atoms with Crippen molar-refractivity contribution in [2.75, 3.05) is 0 Å². The van der Waals surface area contributed by atoms with E-state index in [0.717, 1.165) is 16.6 Å². The fraction of sp³-hybridized carbons (Fsp3) is 0.174. The van der Waals surface area contributed by atoms with Gasteiger partial charge in [-0.3, -0.25) is 9.48 Å². The highest BCUT2D eigenvalue weighted by molar-refractivity contribution is 7.09. The molecule has 8 nitrogen and oxygen atoms in total. The van der Waals surface area contributed by atoms with E-state index in [2.05, 4.69) is 31.5 Å². The first-order valence-corrected chi connectivity index (χ1v) is 11.1. The summed E-state index contributed by atoms with van der Waals surface area (Å²) in [5.74, 6) is -0.176. The molecule has 5 rings (SSSR count). The summed E-state index contributed by atoms with van der Waals surface area (Å²) in [5.41, 5.74) is 3.02. The van der Waals surface area contributed by atoms with Crippen LogP contribution >= 0.6 is 11.3 Å². The molecule has 0 aliphatic rings. The summed E-state index contributed by atoms with van der Waals surface area (Å²) in [5, 5.41) is 14.7. The lowest BCUT2D eigenvalue weighted by Gasteiger charge is -2.19. The van der Waals surface area contributed by atoms with Gasteiger partial charge < -0.3 is 5.32 Å². The van der Waals surface area contributed by atoms with Crippen LogP contribution in [0, 0.1) is 6.92 Å². The van der Waals surface area contributed by atoms with Crippen LogP contribution in [0.4, 0.5) is 0 Å². The molecule has 4 heterocycles. The number of carbonyl (C=O) groups excluding carboxylic acids is 1. The zero-order valence-electron chi connectivity index (χ0n) is 17.4. The minimum atomic E-state index is -0.268. The maximum Gasteiger partial charge on any atom is 0.252 e. The highest BCUT2D eigenvalue weighted by Gasteiger charge is 2.21. The third-order valence-electron chi connectivity index (χ3n) is 5.21. The predicted molar refractivity (Wildman–Crippen MR) is 122 cm³/mol. The zero-order valence-corrected chi connectivity index (χ0v) is 18.2. The number of pyridine rings is 1. The molecule has 0 aliphatic heterocycles. The molecule has 9 heteroatoms. The standard InChI is InChI=1S/C23H21N7OS/c1-16-10-19(20-11-25-30(22(20)27-16)12-18-8-5-9-32-18)23(31)28-21(13-29-15-24-14-26-29)17-6-3-2-4-7-17/h2-11,14-15,21H,12-13H2,1H3,(H,28,31). The number of nitrogens with one attached hydrogen (secondary N) is 1. The molecule has 1 aromatic carbocycles. The third-order valence-corrected chi connectivity index (χ3v) is 6.07. The number of aromatic nitrogens is 6. The number of hydrogen-bond donors (Lipinski definition) is 1. The molecule has 0 spiro atoms. The summed E-state index contributed by atoms with van der Waals surface area (Å²) in [7, 11) is 0. The Hall–Kier alpha value is -3.85. The number of benzene rings is 1. The summed E-state index contributed by atoms with van der Waals surface area (Å²) in [6, 6.07) is 15.5. The number of carbonyl (C=O) groups is 1. The summed E-state index contributed by atoms with van der Waals surface area (Å²) >= 11 is 1.67. The van der Waals surface area contributed by atoms with Crippen LogP contribution in [0.3, 0.4) is 0 Å². The van der Waals surface area contributed by atoms with Gasteiger partial charge in [0.15, 0.2) is 5.65 Å². The molecule has 0 radical (unpaired) electrons. The summed E-state index contributed by atoms with van der Waals surface area (Å²) in [4.78, 5) is 23.3. The highest BCUT2D eigenvalue weighted by atomic mass is 32.1. The molecule has 0 saturated carbocycles. The monoisotopic (exact) mass is 443 g/mol. The molecule has 5 aromatic rings. The van der Waals surface area contributed by atoms with Crippen molar-refractivity contribution in [1.29, 1.82) is 0 Å². The van der Waals surface area contributed by atoms with Crippen LogP contribution in [-0.4, -0.2) is 35.4 Å². The second-order valence-corrected chi connectivity index (χ2v) is 8.52. The van der Waals surface area contributed by atoms with Gasteiger partial charge in [-0.2, -0.15) is 10.2 Å². The molecule has 0 saturated heterocycles. The molecule has 0 aliphatic carbocycles. The maximum atomic E-state index is 13.4. The van der Waals surface area contributed by atoms with E-state index in [1.165, 1.54) is 11.2 Å². The fourth-order valence-electron chi connectivity index (χ4n) is 3.70. The van der Waals surface area contributed by atoms with E-state index in [4.69, 9.17) is 0 Å². The van der Waals surface area contributed by atoms with Crippen molar-refractivity contribution in [1.82, 2.24) is 34.8 Å². The molecule has 1 atom stereocenters. The Labute approximate surface area is 188 Å². The van der Waals surface area contributed by atoms with Crippen LogP contribution in [0.1, 0.15) is 32.5 Å². The Morgan fingerprint density at radius 2 is 2.03 bits per heavy atom. The minimum Gasteiger partial charge on any atom is -0.343 e. The molecule has 0 fully saturated rings. The van der Waals surface area contributed by atoms with Crippen molar-refractivity contribution in [2.45, 2.75) is 26.1 Å². The summed E-state index contributed by atoms with van der Waals surface area (Å²) in [6.45, 7) is 2.99. The molecular formula is C23H21N7OS. The second-order valence-electron chi connectivity index (χ2n) is 7.48. The van der Waals surface area contributed by atoms with Crippen molar-refractivity contribution in [2.24, 2.45) is 0 Å². The van der Waals surface area contributed by atoms with Crippen LogP contribution in [0.25, 0.3) is 11.0 Å². The van der Waals surface area contributed by atoms with E-state index < -0.39 is 0 Å². The number of fused-ring (bicyclic) bond motifs is 1. The summed E-state index contributed by atoms with van der Waals surface area (Å²) in [6.07, 6.45) is 4.85. The van der Waals surface area contributed by atoms with E-state index in [9.17, 15) is 4.79 Å². The van der Waals surface area contributed by atoms with Crippen molar-refractivity contribution in [3.63, 3.8) is 0 Å². The first kappa shape index (κ1) is 20.1. The van der Waals surface area contributed by atoms with Gasteiger partial charge in [-0.1, -0.05) is 36.4 Å². The Morgan fingerprint density at radius 1 is 1.16 bits per heavy atom. The van der Waals surface area contributed by atoms with Crippen LogP contribution in [-0.2, 0) is 13.1 Å². The number of amides is 1. The largest absolute Gasteiger partial charge is 0.343 e. The van der Waals surface area contributed by atoms with Crippen LogP contribution in [0.5, 0.6) is 0 Å². The van der Waals surface area contributed by atoms with Gasteiger partial charge in [-0.15, -0.1) is 11.3 Å². The van der Waals surface area contributed by atoms with Gasteiger partial charge >= 0.3 is 0 Å². The van der Waals surface area contributed by atoms with E-state index in [1.807, 2.05) is 59.5 Å². The van der Waals surface area contributed by atoms with Gasteiger partial charge in [0.2, 0.25) is 0 Å². The smallest absolute Gasteiger partial charge is 0.252 e. The number of thiophene rings is 1. The Bertz CT molecular complexity index is 1330. The average molecular weight is 444 g/mol. The van der Waals surface area contributed by atoms with E-state index >= 15 is 0 Å². The van der Waals surface area contributed by atoms with Gasteiger partial charge in [0, 0.05) is 10.6 Å². The van der Waals surface area contributed by atoms with E-state index in [0.29, 0.717) is 24.3 Å². The highest BCUT2D eigenvalue weighted by Crippen LogP contribution is 2.22. The van der Waals surface area contributed by atoms with E-state index in [-0.39, 0.29) is 11.9 Å². The molecule has 160 valence electrons. The quantitative estimate of drug-likeness (QED) is 0.415. The number of nitrogens with zero attached hydrogens (tertiary/aromatic N) is 6. The first-order chi connectivity index (χ1) is 15.7. The average Bonchev–Trinajstić information content (AvgIpc) is 3.57. The molecule has 1 N–H and O–H groups in total. The normalized spacial score (nSPS) is 12.2. The predicted octanol–water partition coefficient (Wildman–Crippen LogP) is 3.61. The Morgan fingerprint density at radius 3 is 2.78 bits per heavy atom. The Balaban J connectivity index is 1.47. The molecule has 32 heavy (non-hydrogen) atoms. The molecule has 1 amide bonds. The number of rotatable bonds is 7. The topological polar surface area (TPSA) is 90.5 Å². The van der Waals surface area contributed by atoms with Gasteiger partial charge in [0.05, 0.1) is 36.3 Å². The molecular weight excluding hydrogens is 422 g/mol. The first-order valence-electron chi connectivity index (χ1n) is 10.2. The van der Waals surface area contributed by atoms with Crippen LogP contribution in [0.2, 0.25) is 0 Å². The van der Waals surface area contributed by atoms with Crippen LogP contribution < -0.4 is 5.32 Å². The van der Waals surface area contributed by atoms with Crippen LogP contribution in [0.15, 0.2) is 72.8 Å². The SMILES string of the molecule is Cc1cc(C(=O)NC(Cn2cncn2)c2ccccc2)c2cnn(Cc3cccs3)c2n1. The second kappa shape index (κ2) is 8.72. The third kappa shape index (κ3) is 4.15. The van der Waals surface area contributed by atoms with Crippen molar-refractivity contribution in [3.05, 3.63) is 94.5 Å². The van der Waals surface area contributed by atoms with Gasteiger partial charge in [-0.25, -0.2) is 14.6 Å². The fourth-order valence-corrected chi connectivity index (χ4v) is 4.38. The molecule has 1 unspecified atom stereocenters. The van der Waals surface area contributed by atoms with Crippen molar-refractivity contribution < 1.29 is 4.79 Å². The van der Waals surface area contributed by atoms with Gasteiger partial charge in [-0.05, 0) is 30.0 Å². The lowest BCUT2D eigenvalue weighted by molar-refractivity contribution is 0.0933. The molecule has 0 bridgehead atoms. The van der Waals surface area contributed by atoms with Crippen molar-refractivity contribution in [3.8, 4) is 0 Å². The number of hydrogen-bond acceptors (Lipinski definition) is 6. The lowest BCUT2D eigenvalue weighted by Crippen LogP contribution is -2.32. The molecule has 4 aromatic heterocycles. The lowest BCUT2D eigenvalue weighted by atomic mass is 10.1. The van der Waals surface area contributed by atoms with Gasteiger partial charge in [0.25, 0.3) is 5.91 Å². The maximum absolute atomic E-state index is 13.4. The minimum absolute atomic E-state index is 0.176.